The van der Waals surface area contributed by atoms with Crippen molar-refractivity contribution in [2.24, 2.45) is 12.8 Å². The second kappa shape index (κ2) is 6.75. The number of nitrogens with one attached hydrogen (secondary N) is 2. The lowest BCUT2D eigenvalue weighted by Gasteiger charge is -2.29. The van der Waals surface area contributed by atoms with Gasteiger partial charge in [-0.15, -0.1) is 0 Å². The Labute approximate surface area is 150 Å². The topological polar surface area (TPSA) is 115 Å². The minimum atomic E-state index is -0.271. The minimum Gasteiger partial charge on any atom is -0.366 e. The van der Waals surface area contributed by atoms with Gasteiger partial charge in [0.2, 0.25) is 0 Å². The average Bonchev–Trinajstić information content (AvgIpc) is 3.22. The van der Waals surface area contributed by atoms with Gasteiger partial charge >= 0.3 is 0 Å². The van der Waals surface area contributed by atoms with Crippen LogP contribution < -0.4 is 16.4 Å². The molecule has 136 valence electrons. The molecule has 1 aliphatic rings. The van der Waals surface area contributed by atoms with Crippen LogP contribution in [0.1, 0.15) is 36.0 Å². The van der Waals surface area contributed by atoms with Crippen LogP contribution in [0, 0.1) is 0 Å². The van der Waals surface area contributed by atoms with Crippen LogP contribution >= 0.6 is 0 Å². The smallest absolute Gasteiger partial charge is 0.261 e. The lowest BCUT2D eigenvalue weighted by atomic mass is 9.91. The molecule has 3 aromatic heterocycles. The summed E-state index contributed by atoms with van der Waals surface area (Å²) in [6.45, 7) is 0. The molecule has 0 spiro atoms. The molecular formula is C17H22N8O. The van der Waals surface area contributed by atoms with Crippen molar-refractivity contribution in [1.82, 2.24) is 24.4 Å². The predicted octanol–water partition coefficient (Wildman–Crippen LogP) is 1.40. The molecule has 1 saturated carbocycles. The summed E-state index contributed by atoms with van der Waals surface area (Å²) in [6, 6.07) is 2.18. The van der Waals surface area contributed by atoms with Crippen molar-refractivity contribution in [2.45, 2.75) is 37.8 Å². The number of hydrogen-bond acceptors (Lipinski definition) is 6. The van der Waals surface area contributed by atoms with E-state index < -0.39 is 0 Å². The first-order valence-corrected chi connectivity index (χ1v) is 8.76. The van der Waals surface area contributed by atoms with Gasteiger partial charge in [-0.05, 0) is 18.9 Å². The third kappa shape index (κ3) is 3.25. The third-order valence-electron chi connectivity index (χ3n) is 4.73. The van der Waals surface area contributed by atoms with Gasteiger partial charge in [-0.25, -0.2) is 9.50 Å². The van der Waals surface area contributed by atoms with Crippen molar-refractivity contribution < 1.29 is 4.79 Å². The van der Waals surface area contributed by atoms with E-state index in [1.54, 1.807) is 34.8 Å². The Hall–Kier alpha value is -2.94. The number of anilines is 2. The van der Waals surface area contributed by atoms with Gasteiger partial charge in [0.15, 0.2) is 5.65 Å². The molecular weight excluding hydrogens is 332 g/mol. The van der Waals surface area contributed by atoms with Gasteiger partial charge in [-0.3, -0.25) is 9.48 Å². The van der Waals surface area contributed by atoms with Crippen molar-refractivity contribution in [2.75, 3.05) is 10.6 Å². The number of hydrogen-bond donors (Lipinski definition) is 3. The van der Waals surface area contributed by atoms with E-state index in [2.05, 4.69) is 25.8 Å². The molecule has 0 radical (unpaired) electrons. The summed E-state index contributed by atoms with van der Waals surface area (Å²) in [5, 5.41) is 14.5. The summed E-state index contributed by atoms with van der Waals surface area (Å²) >= 11 is 0. The maximum Gasteiger partial charge on any atom is 0.261 e. The second-order valence-electron chi connectivity index (χ2n) is 6.70. The monoisotopic (exact) mass is 354 g/mol. The summed E-state index contributed by atoms with van der Waals surface area (Å²) in [5.41, 5.74) is 7.74. The quantitative estimate of drug-likeness (QED) is 0.652. The molecule has 9 nitrogen and oxygen atoms in total. The predicted molar refractivity (Wildman–Crippen MR) is 98.0 cm³/mol. The van der Waals surface area contributed by atoms with E-state index in [1.807, 2.05) is 6.07 Å². The van der Waals surface area contributed by atoms with Gasteiger partial charge < -0.3 is 16.4 Å². The molecule has 0 saturated heterocycles. The van der Waals surface area contributed by atoms with Crippen molar-refractivity contribution >= 4 is 23.1 Å². The SMILES string of the molecule is Cn1cc(NC(=O)c2cnn3ccc(N[C@@H]4CCCC[C@@H]4N)nc23)cn1. The second-order valence-corrected chi connectivity index (χ2v) is 6.70. The Morgan fingerprint density at radius 1 is 1.27 bits per heavy atom. The Kier molecular flexibility index (Phi) is 4.29. The van der Waals surface area contributed by atoms with Crippen molar-refractivity contribution in [1.29, 1.82) is 0 Å². The van der Waals surface area contributed by atoms with Gasteiger partial charge in [0.25, 0.3) is 5.91 Å². The highest BCUT2D eigenvalue weighted by molar-refractivity contribution is 6.08. The van der Waals surface area contributed by atoms with Crippen LogP contribution in [0.5, 0.6) is 0 Å². The molecule has 0 aliphatic heterocycles. The Morgan fingerprint density at radius 2 is 2.12 bits per heavy atom. The number of rotatable bonds is 4. The van der Waals surface area contributed by atoms with Gasteiger partial charge in [0.05, 0.1) is 18.1 Å². The average molecular weight is 354 g/mol. The van der Waals surface area contributed by atoms with Crippen LogP contribution in [-0.4, -0.2) is 42.4 Å². The first kappa shape index (κ1) is 16.5. The highest BCUT2D eigenvalue weighted by atomic mass is 16.1. The number of aromatic nitrogens is 5. The van der Waals surface area contributed by atoms with E-state index in [0.29, 0.717) is 22.7 Å². The van der Waals surface area contributed by atoms with Crippen molar-refractivity contribution in [3.8, 4) is 0 Å². The number of fused-ring (bicyclic) bond motifs is 1. The zero-order chi connectivity index (χ0) is 18.1. The minimum absolute atomic E-state index is 0.125. The van der Waals surface area contributed by atoms with Crippen LogP contribution in [-0.2, 0) is 7.05 Å². The molecule has 2 atom stereocenters. The molecule has 1 fully saturated rings. The highest BCUT2D eigenvalue weighted by Crippen LogP contribution is 2.21. The van der Waals surface area contributed by atoms with Gasteiger partial charge in [-0.2, -0.15) is 10.2 Å². The molecule has 0 aromatic carbocycles. The fourth-order valence-electron chi connectivity index (χ4n) is 3.32. The molecule has 1 aliphatic carbocycles. The molecule has 26 heavy (non-hydrogen) atoms. The van der Waals surface area contributed by atoms with Crippen LogP contribution in [0.15, 0.2) is 30.9 Å². The van der Waals surface area contributed by atoms with Crippen LogP contribution in [0.2, 0.25) is 0 Å². The van der Waals surface area contributed by atoms with Gasteiger partial charge in [-0.1, -0.05) is 12.8 Å². The summed E-state index contributed by atoms with van der Waals surface area (Å²) in [7, 11) is 1.79. The maximum absolute atomic E-state index is 12.6. The Morgan fingerprint density at radius 3 is 2.88 bits per heavy atom. The maximum atomic E-state index is 12.6. The number of nitrogens with two attached hydrogens (primary N) is 1. The van der Waals surface area contributed by atoms with E-state index in [9.17, 15) is 4.79 Å². The number of carbonyl (C=O) groups is 1. The summed E-state index contributed by atoms with van der Waals surface area (Å²) in [6.07, 6.45) is 11.0. The first-order valence-electron chi connectivity index (χ1n) is 8.76. The summed E-state index contributed by atoms with van der Waals surface area (Å²) in [5.74, 6) is 0.433. The van der Waals surface area contributed by atoms with Crippen LogP contribution in [0.4, 0.5) is 11.5 Å². The fraction of sp³-hybridized carbons (Fsp3) is 0.412. The number of aryl methyl sites for hydroxylation is 1. The number of amides is 1. The zero-order valence-electron chi connectivity index (χ0n) is 14.6. The molecule has 0 unspecified atom stereocenters. The molecule has 0 bridgehead atoms. The molecule has 4 N–H and O–H groups in total. The Bertz CT molecular complexity index is 930. The lowest BCUT2D eigenvalue weighted by molar-refractivity contribution is 0.102. The van der Waals surface area contributed by atoms with E-state index in [4.69, 9.17) is 5.73 Å². The molecule has 9 heteroatoms. The summed E-state index contributed by atoms with van der Waals surface area (Å²) in [4.78, 5) is 17.2. The van der Waals surface area contributed by atoms with Crippen LogP contribution in [0.3, 0.4) is 0 Å². The molecule has 4 rings (SSSR count). The van der Waals surface area contributed by atoms with E-state index in [-0.39, 0.29) is 18.0 Å². The zero-order valence-corrected chi connectivity index (χ0v) is 14.6. The standard InChI is InChI=1S/C17H22N8O/c1-24-10-11(8-19-24)21-17(26)12-9-20-25-7-6-15(23-16(12)25)22-14-5-3-2-4-13(14)18/h6-10,13-14H,2-5,18H2,1H3,(H,21,26)(H,22,23)/t13-,14+/m0/s1. The van der Waals surface area contributed by atoms with E-state index in [0.717, 1.165) is 12.8 Å². The fourth-order valence-corrected chi connectivity index (χ4v) is 3.32. The van der Waals surface area contributed by atoms with Gasteiger partial charge in [0, 0.05) is 31.5 Å². The number of nitrogens with zero attached hydrogens (tertiary/aromatic N) is 5. The van der Waals surface area contributed by atoms with E-state index >= 15 is 0 Å². The van der Waals surface area contributed by atoms with Crippen molar-refractivity contribution in [3.63, 3.8) is 0 Å². The third-order valence-corrected chi connectivity index (χ3v) is 4.73. The Balaban J connectivity index is 1.57. The van der Waals surface area contributed by atoms with Crippen molar-refractivity contribution in [3.05, 3.63) is 36.4 Å². The normalized spacial score (nSPS) is 20.2. The molecule has 3 heterocycles. The first-order chi connectivity index (χ1) is 12.6. The number of carbonyl (C=O) groups excluding carboxylic acids is 1. The molecule has 3 aromatic rings. The molecule has 1 amide bonds. The summed E-state index contributed by atoms with van der Waals surface area (Å²) < 4.78 is 3.21. The highest BCUT2D eigenvalue weighted by Gasteiger charge is 2.22. The van der Waals surface area contributed by atoms with Crippen LogP contribution in [0.25, 0.3) is 5.65 Å². The van der Waals surface area contributed by atoms with Gasteiger partial charge in [0.1, 0.15) is 11.4 Å². The van der Waals surface area contributed by atoms with E-state index in [1.165, 1.54) is 19.0 Å². The lowest BCUT2D eigenvalue weighted by Crippen LogP contribution is -2.42. The largest absolute Gasteiger partial charge is 0.366 e.